The number of anilines is 1. The smallest absolute Gasteiger partial charge is 0.335 e. The first-order chi connectivity index (χ1) is 9.04. The van der Waals surface area contributed by atoms with Gasteiger partial charge in [-0.15, -0.1) is 0 Å². The molecule has 0 spiro atoms. The van der Waals surface area contributed by atoms with Crippen molar-refractivity contribution >= 4 is 29.2 Å². The first-order valence-electron chi connectivity index (χ1n) is 5.57. The van der Waals surface area contributed by atoms with Crippen LogP contribution in [0.25, 0.3) is 0 Å². The van der Waals surface area contributed by atoms with Crippen LogP contribution in [-0.2, 0) is 9.53 Å². The van der Waals surface area contributed by atoms with E-state index >= 15 is 0 Å². The average molecular weight is 287 g/mol. The van der Waals surface area contributed by atoms with Gasteiger partial charge in [0.15, 0.2) is 0 Å². The van der Waals surface area contributed by atoms with Gasteiger partial charge in [-0.05, 0) is 18.2 Å². The minimum absolute atomic E-state index is 0.0621. The van der Waals surface area contributed by atoms with Gasteiger partial charge in [0.25, 0.3) is 0 Å². The molecule has 1 aromatic rings. The van der Waals surface area contributed by atoms with Gasteiger partial charge in [-0.3, -0.25) is 4.79 Å². The zero-order chi connectivity index (χ0) is 14.3. The quantitative estimate of drug-likeness (QED) is 0.656. The lowest BCUT2D eigenvalue weighted by Gasteiger charge is -2.09. The number of hydrogen-bond donors (Lipinski definition) is 3. The zero-order valence-electron chi connectivity index (χ0n) is 10.4. The van der Waals surface area contributed by atoms with Crippen LogP contribution >= 0.6 is 11.6 Å². The highest BCUT2D eigenvalue weighted by Crippen LogP contribution is 2.22. The summed E-state index contributed by atoms with van der Waals surface area (Å²) in [6.07, 6.45) is 0. The van der Waals surface area contributed by atoms with Crippen molar-refractivity contribution in [2.75, 3.05) is 32.1 Å². The number of carboxylic acid groups (broad SMARTS) is 1. The van der Waals surface area contributed by atoms with Gasteiger partial charge in [0.2, 0.25) is 5.91 Å². The third-order valence-corrected chi connectivity index (χ3v) is 2.59. The Kier molecular flexibility index (Phi) is 6.27. The topological polar surface area (TPSA) is 87.7 Å². The molecule has 0 fully saturated rings. The number of ether oxygens (including phenoxy) is 1. The maximum Gasteiger partial charge on any atom is 0.335 e. The molecular weight excluding hydrogens is 272 g/mol. The summed E-state index contributed by atoms with van der Waals surface area (Å²) in [7, 11) is 1.57. The van der Waals surface area contributed by atoms with Crippen LogP contribution in [0.1, 0.15) is 10.4 Å². The van der Waals surface area contributed by atoms with Crippen LogP contribution in [0.5, 0.6) is 0 Å². The second-order valence-electron chi connectivity index (χ2n) is 3.72. The number of aromatic carboxylic acids is 1. The highest BCUT2D eigenvalue weighted by atomic mass is 35.5. The number of nitrogens with one attached hydrogen (secondary N) is 2. The predicted molar refractivity (Wildman–Crippen MR) is 71.8 cm³/mol. The van der Waals surface area contributed by atoms with E-state index in [9.17, 15) is 9.59 Å². The van der Waals surface area contributed by atoms with Gasteiger partial charge in [0, 0.05) is 13.7 Å². The van der Waals surface area contributed by atoms with E-state index in [4.69, 9.17) is 21.4 Å². The average Bonchev–Trinajstić information content (AvgIpc) is 2.37. The first kappa shape index (κ1) is 15.4. The van der Waals surface area contributed by atoms with Crippen LogP contribution in [0.4, 0.5) is 5.69 Å². The lowest BCUT2D eigenvalue weighted by Crippen LogP contribution is -2.30. The molecule has 7 heteroatoms. The van der Waals surface area contributed by atoms with E-state index in [1.54, 1.807) is 7.11 Å². The van der Waals surface area contributed by atoms with Gasteiger partial charge in [-0.1, -0.05) is 11.6 Å². The Labute approximate surface area is 115 Å². The standard InChI is InChI=1S/C12H15ClN2O4/c1-19-5-4-14-7-11(16)15-10-6-8(12(17)18)2-3-9(10)13/h2-3,6,14H,4-5,7H2,1H3,(H,15,16)(H,17,18). The minimum atomic E-state index is -1.08. The van der Waals surface area contributed by atoms with E-state index in [1.165, 1.54) is 18.2 Å². The van der Waals surface area contributed by atoms with Gasteiger partial charge < -0.3 is 20.5 Å². The number of rotatable bonds is 7. The minimum Gasteiger partial charge on any atom is -0.478 e. The van der Waals surface area contributed by atoms with Gasteiger partial charge in [0.1, 0.15) is 0 Å². The van der Waals surface area contributed by atoms with E-state index in [-0.39, 0.29) is 28.7 Å². The number of carbonyl (C=O) groups excluding carboxylic acids is 1. The van der Waals surface area contributed by atoms with Crippen molar-refractivity contribution in [2.45, 2.75) is 0 Å². The molecule has 1 amide bonds. The Balaban J connectivity index is 2.58. The van der Waals surface area contributed by atoms with Crippen molar-refractivity contribution in [3.8, 4) is 0 Å². The largest absolute Gasteiger partial charge is 0.478 e. The lowest BCUT2D eigenvalue weighted by molar-refractivity contribution is -0.115. The third kappa shape index (κ3) is 5.25. The molecule has 0 heterocycles. The Hall–Kier alpha value is -1.63. The fraction of sp³-hybridized carbons (Fsp3) is 0.333. The number of amides is 1. The molecule has 0 aliphatic rings. The Morgan fingerprint density at radius 1 is 1.42 bits per heavy atom. The molecule has 0 saturated heterocycles. The van der Waals surface area contributed by atoms with E-state index in [1.807, 2.05) is 0 Å². The summed E-state index contributed by atoms with van der Waals surface area (Å²) >= 11 is 5.88. The van der Waals surface area contributed by atoms with E-state index in [0.29, 0.717) is 13.2 Å². The number of benzene rings is 1. The fourth-order valence-corrected chi connectivity index (χ4v) is 1.49. The van der Waals surface area contributed by atoms with Crippen LogP contribution in [0.2, 0.25) is 5.02 Å². The van der Waals surface area contributed by atoms with Crippen molar-refractivity contribution in [3.63, 3.8) is 0 Å². The molecule has 0 aliphatic heterocycles. The maximum atomic E-state index is 11.6. The molecule has 1 rings (SSSR count). The van der Waals surface area contributed by atoms with Gasteiger partial charge in [-0.2, -0.15) is 0 Å². The predicted octanol–water partition coefficient (Wildman–Crippen LogP) is 1.21. The molecule has 0 atom stereocenters. The molecule has 0 aromatic heterocycles. The number of carbonyl (C=O) groups is 2. The number of hydrogen-bond acceptors (Lipinski definition) is 4. The van der Waals surface area contributed by atoms with E-state index in [0.717, 1.165) is 0 Å². The highest BCUT2D eigenvalue weighted by molar-refractivity contribution is 6.33. The molecule has 0 radical (unpaired) electrons. The maximum absolute atomic E-state index is 11.6. The Morgan fingerprint density at radius 3 is 2.79 bits per heavy atom. The third-order valence-electron chi connectivity index (χ3n) is 2.26. The highest BCUT2D eigenvalue weighted by Gasteiger charge is 2.09. The van der Waals surface area contributed by atoms with Crippen LogP contribution < -0.4 is 10.6 Å². The van der Waals surface area contributed by atoms with E-state index < -0.39 is 5.97 Å². The summed E-state index contributed by atoms with van der Waals surface area (Å²) in [5.41, 5.74) is 0.340. The van der Waals surface area contributed by atoms with Crippen molar-refractivity contribution in [2.24, 2.45) is 0 Å². The van der Waals surface area contributed by atoms with Gasteiger partial charge in [0.05, 0.1) is 29.4 Å². The molecule has 104 valence electrons. The van der Waals surface area contributed by atoms with Crippen LogP contribution in [0.15, 0.2) is 18.2 Å². The molecule has 0 aliphatic carbocycles. The van der Waals surface area contributed by atoms with Gasteiger partial charge in [-0.25, -0.2) is 4.79 Å². The summed E-state index contributed by atoms with van der Waals surface area (Å²) in [6, 6.07) is 4.12. The first-order valence-corrected chi connectivity index (χ1v) is 5.94. The number of carboxylic acids is 1. The van der Waals surface area contributed by atoms with Crippen molar-refractivity contribution in [1.82, 2.24) is 5.32 Å². The fourth-order valence-electron chi connectivity index (χ4n) is 1.32. The van der Waals surface area contributed by atoms with Gasteiger partial charge >= 0.3 is 5.97 Å². The Morgan fingerprint density at radius 2 is 2.16 bits per heavy atom. The monoisotopic (exact) mass is 286 g/mol. The number of halogens is 1. The molecule has 3 N–H and O–H groups in total. The van der Waals surface area contributed by atoms with Crippen molar-refractivity contribution in [3.05, 3.63) is 28.8 Å². The van der Waals surface area contributed by atoms with E-state index in [2.05, 4.69) is 10.6 Å². The molecule has 0 unspecified atom stereocenters. The molecule has 0 saturated carbocycles. The molecule has 19 heavy (non-hydrogen) atoms. The molecule has 6 nitrogen and oxygen atoms in total. The summed E-state index contributed by atoms with van der Waals surface area (Å²) in [5.74, 6) is -1.38. The second-order valence-corrected chi connectivity index (χ2v) is 4.12. The SMILES string of the molecule is COCCNCC(=O)Nc1cc(C(=O)O)ccc1Cl. The zero-order valence-corrected chi connectivity index (χ0v) is 11.2. The normalized spacial score (nSPS) is 10.2. The van der Waals surface area contributed by atoms with Crippen molar-refractivity contribution < 1.29 is 19.4 Å². The molecular formula is C12H15ClN2O4. The van der Waals surface area contributed by atoms with Crippen molar-refractivity contribution in [1.29, 1.82) is 0 Å². The lowest BCUT2D eigenvalue weighted by atomic mass is 10.2. The molecule has 0 bridgehead atoms. The van der Waals surface area contributed by atoms with Crippen LogP contribution in [-0.4, -0.2) is 43.8 Å². The second kappa shape index (κ2) is 7.73. The summed E-state index contributed by atoms with van der Waals surface area (Å²) in [5, 5.41) is 14.6. The summed E-state index contributed by atoms with van der Waals surface area (Å²) in [4.78, 5) is 22.4. The Bertz CT molecular complexity index is 465. The molecule has 1 aromatic carbocycles. The summed E-state index contributed by atoms with van der Waals surface area (Å²) < 4.78 is 4.82. The van der Waals surface area contributed by atoms with Crippen LogP contribution in [0, 0.1) is 0 Å². The summed E-state index contributed by atoms with van der Waals surface area (Å²) in [6.45, 7) is 1.15. The number of methoxy groups -OCH3 is 1. The van der Waals surface area contributed by atoms with Crippen LogP contribution in [0.3, 0.4) is 0 Å².